The van der Waals surface area contributed by atoms with Gasteiger partial charge in [0.1, 0.15) is 6.54 Å². The molecule has 0 aliphatic carbocycles. The summed E-state index contributed by atoms with van der Waals surface area (Å²) in [7, 11) is -3.70. The van der Waals surface area contributed by atoms with Crippen LogP contribution >= 0.6 is 0 Å². The Morgan fingerprint density at radius 2 is 1.47 bits per heavy atom. The number of hydrogen-bond donors (Lipinski definition) is 0. The van der Waals surface area contributed by atoms with Crippen LogP contribution in [0.3, 0.4) is 0 Å². The predicted octanol–water partition coefficient (Wildman–Crippen LogP) is 1.27. The summed E-state index contributed by atoms with van der Waals surface area (Å²) >= 11 is 0. The number of ether oxygens (including phenoxy) is 1. The summed E-state index contributed by atoms with van der Waals surface area (Å²) in [4.78, 5) is 31.3. The standard InChI is InChI=1S/C24H30N4O5S/c1-34(31,32)28(22-9-7-20(8-10-22)24(30)27-15-17-33-18-16-27)19-23(29)26-13-11-25(12-14-26)21-5-3-2-4-6-21/h2-10H,11-19H2,1H3. The van der Waals surface area contributed by atoms with Crippen LogP contribution in [0.25, 0.3) is 0 Å². The van der Waals surface area contributed by atoms with Crippen molar-refractivity contribution in [3.8, 4) is 0 Å². The summed E-state index contributed by atoms with van der Waals surface area (Å²) in [6.45, 7) is 4.22. The third kappa shape index (κ3) is 5.68. The lowest BCUT2D eigenvalue weighted by Crippen LogP contribution is -2.52. The molecule has 0 aromatic heterocycles. The van der Waals surface area contributed by atoms with Crippen LogP contribution in [0, 0.1) is 0 Å². The van der Waals surface area contributed by atoms with E-state index in [4.69, 9.17) is 4.74 Å². The second-order valence-corrected chi connectivity index (χ2v) is 10.3. The van der Waals surface area contributed by atoms with E-state index in [-0.39, 0.29) is 18.4 Å². The molecule has 2 aliphatic rings. The molecule has 2 amide bonds. The van der Waals surface area contributed by atoms with Crippen LogP contribution in [0.5, 0.6) is 0 Å². The average Bonchev–Trinajstić information content (AvgIpc) is 2.87. The Hall–Kier alpha value is -3.11. The highest BCUT2D eigenvalue weighted by Crippen LogP contribution is 2.21. The molecule has 2 aliphatic heterocycles. The van der Waals surface area contributed by atoms with E-state index in [1.165, 1.54) is 0 Å². The number of piperazine rings is 1. The molecule has 0 radical (unpaired) electrons. The number of hydrogen-bond acceptors (Lipinski definition) is 6. The Kier molecular flexibility index (Phi) is 7.38. The van der Waals surface area contributed by atoms with Crippen LogP contribution in [0.15, 0.2) is 54.6 Å². The van der Waals surface area contributed by atoms with Crippen molar-refractivity contribution in [3.63, 3.8) is 0 Å². The van der Waals surface area contributed by atoms with E-state index >= 15 is 0 Å². The van der Waals surface area contributed by atoms with Gasteiger partial charge in [-0.25, -0.2) is 8.42 Å². The van der Waals surface area contributed by atoms with Gasteiger partial charge in [-0.3, -0.25) is 13.9 Å². The van der Waals surface area contributed by atoms with E-state index in [9.17, 15) is 18.0 Å². The van der Waals surface area contributed by atoms with Crippen molar-refractivity contribution < 1.29 is 22.7 Å². The van der Waals surface area contributed by atoms with Crippen molar-refractivity contribution in [3.05, 3.63) is 60.2 Å². The first-order valence-electron chi connectivity index (χ1n) is 11.4. The molecule has 9 nitrogen and oxygen atoms in total. The van der Waals surface area contributed by atoms with Crippen molar-refractivity contribution in [2.24, 2.45) is 0 Å². The molecule has 2 aromatic rings. The molecular weight excluding hydrogens is 456 g/mol. The lowest BCUT2D eigenvalue weighted by atomic mass is 10.1. The number of anilines is 2. The van der Waals surface area contributed by atoms with Gasteiger partial charge in [-0.1, -0.05) is 18.2 Å². The molecule has 0 bridgehead atoms. The van der Waals surface area contributed by atoms with Crippen molar-refractivity contribution in [1.82, 2.24) is 9.80 Å². The number of nitrogens with zero attached hydrogens (tertiary/aromatic N) is 4. The molecular formula is C24H30N4O5S. The molecule has 0 spiro atoms. The first-order chi connectivity index (χ1) is 16.3. The number of morpholine rings is 1. The maximum absolute atomic E-state index is 13.0. The Morgan fingerprint density at radius 1 is 0.853 bits per heavy atom. The largest absolute Gasteiger partial charge is 0.378 e. The Balaban J connectivity index is 1.40. The minimum Gasteiger partial charge on any atom is -0.378 e. The van der Waals surface area contributed by atoms with Crippen LogP contribution in [0.2, 0.25) is 0 Å². The summed E-state index contributed by atoms with van der Waals surface area (Å²) in [6, 6.07) is 16.4. The van der Waals surface area contributed by atoms with Crippen molar-refractivity contribution in [1.29, 1.82) is 0 Å². The first-order valence-corrected chi connectivity index (χ1v) is 13.2. The van der Waals surface area contributed by atoms with Crippen molar-refractivity contribution in [2.45, 2.75) is 0 Å². The second-order valence-electron chi connectivity index (χ2n) is 8.42. The topological polar surface area (TPSA) is 90.5 Å². The number of amides is 2. The van der Waals surface area contributed by atoms with Crippen LogP contribution in [-0.2, 0) is 19.6 Å². The number of carbonyl (C=O) groups excluding carboxylic acids is 2. The maximum Gasteiger partial charge on any atom is 0.254 e. The number of para-hydroxylation sites is 1. The van der Waals surface area contributed by atoms with Gasteiger partial charge in [-0.2, -0.15) is 0 Å². The number of benzene rings is 2. The fraction of sp³-hybridized carbons (Fsp3) is 0.417. The fourth-order valence-electron chi connectivity index (χ4n) is 4.20. The number of sulfonamides is 1. The highest BCUT2D eigenvalue weighted by atomic mass is 32.2. The minimum absolute atomic E-state index is 0.117. The highest BCUT2D eigenvalue weighted by Gasteiger charge is 2.27. The molecule has 2 aromatic carbocycles. The molecule has 34 heavy (non-hydrogen) atoms. The van der Waals surface area contributed by atoms with Gasteiger partial charge in [0.15, 0.2) is 0 Å². The monoisotopic (exact) mass is 486 g/mol. The average molecular weight is 487 g/mol. The zero-order valence-electron chi connectivity index (χ0n) is 19.3. The number of rotatable bonds is 6. The van der Waals surface area contributed by atoms with E-state index < -0.39 is 10.0 Å². The van der Waals surface area contributed by atoms with Crippen LogP contribution < -0.4 is 9.21 Å². The van der Waals surface area contributed by atoms with Gasteiger partial charge in [0.2, 0.25) is 15.9 Å². The predicted molar refractivity (Wildman–Crippen MR) is 131 cm³/mol. The zero-order chi connectivity index (χ0) is 24.1. The second kappa shape index (κ2) is 10.4. The van der Waals surface area contributed by atoms with Gasteiger partial charge in [0, 0.05) is 50.5 Å². The maximum atomic E-state index is 13.0. The molecule has 2 heterocycles. The molecule has 0 atom stereocenters. The van der Waals surface area contributed by atoms with Gasteiger partial charge >= 0.3 is 0 Å². The van der Waals surface area contributed by atoms with E-state index in [0.717, 1.165) is 16.2 Å². The Morgan fingerprint density at radius 3 is 2.06 bits per heavy atom. The van der Waals surface area contributed by atoms with Gasteiger partial charge in [0.25, 0.3) is 5.91 Å². The third-order valence-electron chi connectivity index (χ3n) is 6.13. The van der Waals surface area contributed by atoms with E-state index in [1.54, 1.807) is 34.1 Å². The summed E-state index contributed by atoms with van der Waals surface area (Å²) in [6.07, 6.45) is 1.08. The summed E-state index contributed by atoms with van der Waals surface area (Å²) in [5.41, 5.74) is 1.94. The summed E-state index contributed by atoms with van der Waals surface area (Å²) in [5, 5.41) is 0. The van der Waals surface area contributed by atoms with Gasteiger partial charge in [-0.15, -0.1) is 0 Å². The van der Waals surface area contributed by atoms with Crippen LogP contribution in [0.1, 0.15) is 10.4 Å². The molecule has 182 valence electrons. The van der Waals surface area contributed by atoms with Crippen LogP contribution in [-0.4, -0.2) is 95.3 Å². The molecule has 4 rings (SSSR count). The molecule has 0 saturated carbocycles. The van der Waals surface area contributed by atoms with Gasteiger partial charge < -0.3 is 19.4 Å². The van der Waals surface area contributed by atoms with Gasteiger partial charge in [-0.05, 0) is 36.4 Å². The molecule has 2 saturated heterocycles. The molecule has 0 unspecified atom stereocenters. The van der Waals surface area contributed by atoms with Crippen LogP contribution in [0.4, 0.5) is 11.4 Å². The quantitative estimate of drug-likeness (QED) is 0.611. The smallest absolute Gasteiger partial charge is 0.254 e. The summed E-state index contributed by atoms with van der Waals surface area (Å²) < 4.78 is 31.4. The van der Waals surface area contributed by atoms with Gasteiger partial charge in [0.05, 0.1) is 25.2 Å². The SMILES string of the molecule is CS(=O)(=O)N(CC(=O)N1CCN(c2ccccc2)CC1)c1ccc(C(=O)N2CCOCC2)cc1. The molecule has 0 N–H and O–H groups in total. The highest BCUT2D eigenvalue weighted by molar-refractivity contribution is 7.92. The lowest BCUT2D eigenvalue weighted by Gasteiger charge is -2.37. The lowest BCUT2D eigenvalue weighted by molar-refractivity contribution is -0.129. The van der Waals surface area contributed by atoms with E-state index in [2.05, 4.69) is 4.90 Å². The zero-order valence-corrected chi connectivity index (χ0v) is 20.1. The van der Waals surface area contributed by atoms with Crippen molar-refractivity contribution in [2.75, 3.05) is 74.5 Å². The van der Waals surface area contributed by atoms with E-state index in [1.807, 2.05) is 30.3 Å². The minimum atomic E-state index is -3.70. The number of carbonyl (C=O) groups is 2. The molecule has 2 fully saturated rings. The van der Waals surface area contributed by atoms with E-state index in [0.29, 0.717) is 63.7 Å². The normalized spacial score (nSPS) is 16.9. The molecule has 10 heteroatoms. The van der Waals surface area contributed by atoms with Crippen molar-refractivity contribution >= 4 is 33.2 Å². The Labute approximate surface area is 200 Å². The summed E-state index contributed by atoms with van der Waals surface area (Å²) in [5.74, 6) is -0.361. The third-order valence-corrected chi connectivity index (χ3v) is 7.27. The first kappa shape index (κ1) is 24.0. The fourth-order valence-corrected chi connectivity index (χ4v) is 5.04. The Bertz CT molecular complexity index is 1090.